The molecule has 1 amide bonds. The van der Waals surface area contributed by atoms with Crippen LogP contribution in [0, 0.1) is 19.7 Å². The highest BCUT2D eigenvalue weighted by Gasteiger charge is 2.40. The minimum Gasteiger partial charge on any atom is -0.493 e. The largest absolute Gasteiger partial charge is 0.493 e. The van der Waals surface area contributed by atoms with Crippen molar-refractivity contribution in [1.82, 2.24) is 0 Å². The molecule has 0 radical (unpaired) electrons. The van der Waals surface area contributed by atoms with Crippen LogP contribution in [0.3, 0.4) is 0 Å². The first-order valence-electron chi connectivity index (χ1n) is 15.4. The fraction of sp³-hybridized carbons (Fsp3) is 0.444. The number of hydrogen-bond acceptors (Lipinski definition) is 5. The van der Waals surface area contributed by atoms with E-state index in [4.69, 9.17) is 14.2 Å². The molecule has 0 aliphatic carbocycles. The Labute approximate surface area is 258 Å². The number of benzene rings is 3. The van der Waals surface area contributed by atoms with Crippen molar-refractivity contribution in [3.05, 3.63) is 86.7 Å². The van der Waals surface area contributed by atoms with Crippen molar-refractivity contribution >= 4 is 17.6 Å². The SMILES string of the molecule is CCOc1c(C)cccc1C(=O)N1c2cc(C)c([C@H](OC(C)(C)C)C(=O)O)cc2CC1c1cc(F)c2c(c1CC)CCCO2. The third kappa shape index (κ3) is 5.80. The van der Waals surface area contributed by atoms with E-state index in [-0.39, 0.29) is 5.91 Å². The summed E-state index contributed by atoms with van der Waals surface area (Å²) in [5.41, 5.74) is 5.85. The standard InChI is InChI=1S/C36H42FNO6/c1-8-23-24-14-11-15-43-32(24)28(37)19-27(23)30-18-22-17-26(33(35(40)41)44-36(5,6)7)21(4)16-29(22)38(30)34(39)25-13-10-12-20(3)31(25)42-9-2/h10,12-13,16-17,19,30,33H,8-9,11,14-15,18H2,1-7H3,(H,40,41)/t30?,33-/m0/s1. The number of ether oxygens (including phenoxy) is 3. The van der Waals surface area contributed by atoms with Crippen LogP contribution < -0.4 is 14.4 Å². The van der Waals surface area contributed by atoms with E-state index in [1.807, 2.05) is 72.7 Å². The Hall–Kier alpha value is -3.91. The molecule has 0 fully saturated rings. The van der Waals surface area contributed by atoms with Crippen molar-refractivity contribution in [3.8, 4) is 11.5 Å². The molecule has 5 rings (SSSR count). The van der Waals surface area contributed by atoms with Gasteiger partial charge in [-0.15, -0.1) is 0 Å². The minimum atomic E-state index is -1.19. The van der Waals surface area contributed by atoms with Crippen molar-refractivity contribution in [3.63, 3.8) is 0 Å². The minimum absolute atomic E-state index is 0.259. The Morgan fingerprint density at radius 1 is 1.14 bits per heavy atom. The second-order valence-electron chi connectivity index (χ2n) is 12.6. The van der Waals surface area contributed by atoms with Crippen LogP contribution in [0.5, 0.6) is 11.5 Å². The number of aryl methyl sites for hydroxylation is 2. The average Bonchev–Trinajstić information content (AvgIpc) is 3.33. The van der Waals surface area contributed by atoms with Crippen LogP contribution in [-0.4, -0.2) is 35.8 Å². The Bertz CT molecular complexity index is 1610. The normalized spacial score (nSPS) is 16.6. The Morgan fingerprint density at radius 3 is 2.55 bits per heavy atom. The van der Waals surface area contributed by atoms with Crippen molar-refractivity contribution < 1.29 is 33.3 Å². The van der Waals surface area contributed by atoms with Gasteiger partial charge in [0, 0.05) is 11.3 Å². The molecule has 234 valence electrons. The van der Waals surface area contributed by atoms with Crippen LogP contribution in [0.4, 0.5) is 10.1 Å². The number of rotatable bonds is 8. The van der Waals surface area contributed by atoms with Crippen molar-refractivity contribution in [1.29, 1.82) is 0 Å². The summed E-state index contributed by atoms with van der Waals surface area (Å²) in [6, 6.07) is 10.2. The molecule has 2 aliphatic rings. The van der Waals surface area contributed by atoms with E-state index in [0.717, 1.165) is 34.2 Å². The lowest BCUT2D eigenvalue weighted by atomic mass is 9.88. The number of aliphatic carboxylic acids is 1. The molecule has 2 atom stereocenters. The third-order valence-electron chi connectivity index (χ3n) is 8.40. The highest BCUT2D eigenvalue weighted by atomic mass is 19.1. The fourth-order valence-corrected chi connectivity index (χ4v) is 6.58. The number of carboxylic acids is 1. The number of carboxylic acid groups (broad SMARTS) is 1. The van der Waals surface area contributed by atoms with Gasteiger partial charge in [-0.2, -0.15) is 0 Å². The predicted molar refractivity (Wildman–Crippen MR) is 168 cm³/mol. The Morgan fingerprint density at radius 2 is 1.89 bits per heavy atom. The maximum atomic E-state index is 15.6. The number of para-hydroxylation sites is 1. The molecular weight excluding hydrogens is 561 g/mol. The molecule has 1 N–H and O–H groups in total. The smallest absolute Gasteiger partial charge is 0.337 e. The first-order valence-corrected chi connectivity index (χ1v) is 15.4. The second-order valence-corrected chi connectivity index (χ2v) is 12.6. The van der Waals surface area contributed by atoms with Crippen molar-refractivity contribution in [2.24, 2.45) is 0 Å². The van der Waals surface area contributed by atoms with E-state index < -0.39 is 29.5 Å². The molecule has 0 saturated carbocycles. The van der Waals surface area contributed by atoms with Gasteiger partial charge in [-0.3, -0.25) is 4.79 Å². The van der Waals surface area contributed by atoms with Gasteiger partial charge in [-0.25, -0.2) is 9.18 Å². The molecule has 0 aromatic heterocycles. The molecule has 2 aliphatic heterocycles. The lowest BCUT2D eigenvalue weighted by Crippen LogP contribution is -2.33. The van der Waals surface area contributed by atoms with Gasteiger partial charge in [0.2, 0.25) is 0 Å². The molecule has 44 heavy (non-hydrogen) atoms. The van der Waals surface area contributed by atoms with Gasteiger partial charge >= 0.3 is 5.97 Å². The number of carbonyl (C=O) groups excluding carboxylic acids is 1. The van der Waals surface area contributed by atoms with Crippen molar-refractivity contribution in [2.45, 2.75) is 91.9 Å². The monoisotopic (exact) mass is 603 g/mol. The highest BCUT2D eigenvalue weighted by molar-refractivity contribution is 6.10. The summed E-state index contributed by atoms with van der Waals surface area (Å²) in [6.07, 6.45) is 1.35. The first kappa shape index (κ1) is 31.5. The van der Waals surface area contributed by atoms with Crippen LogP contribution in [0.25, 0.3) is 0 Å². The molecule has 0 saturated heterocycles. The summed E-state index contributed by atoms with van der Waals surface area (Å²) < 4.78 is 33.4. The Kier molecular flexibility index (Phi) is 8.76. The molecule has 2 heterocycles. The number of anilines is 1. The summed E-state index contributed by atoms with van der Waals surface area (Å²) in [4.78, 5) is 28.8. The number of amides is 1. The van der Waals surface area contributed by atoms with Crippen LogP contribution in [-0.2, 0) is 28.8 Å². The lowest BCUT2D eigenvalue weighted by molar-refractivity contribution is -0.160. The zero-order valence-corrected chi connectivity index (χ0v) is 26.7. The van der Waals surface area contributed by atoms with Gasteiger partial charge in [-0.1, -0.05) is 25.1 Å². The summed E-state index contributed by atoms with van der Waals surface area (Å²) in [6.45, 7) is 14.0. The number of hydrogen-bond donors (Lipinski definition) is 1. The summed E-state index contributed by atoms with van der Waals surface area (Å²) in [5.74, 6) is -0.945. The van der Waals surface area contributed by atoms with Crippen molar-refractivity contribution in [2.75, 3.05) is 18.1 Å². The average molecular weight is 604 g/mol. The zero-order chi connectivity index (χ0) is 31.9. The van der Waals surface area contributed by atoms with Crippen LogP contribution in [0.15, 0.2) is 36.4 Å². The van der Waals surface area contributed by atoms with E-state index >= 15 is 4.39 Å². The lowest BCUT2D eigenvalue weighted by Gasteiger charge is -2.31. The molecule has 7 nitrogen and oxygen atoms in total. The maximum Gasteiger partial charge on any atom is 0.337 e. The molecule has 3 aromatic rings. The Balaban J connectivity index is 1.72. The summed E-state index contributed by atoms with van der Waals surface area (Å²) in [5, 5.41) is 10.1. The zero-order valence-electron chi connectivity index (χ0n) is 26.7. The molecule has 0 bridgehead atoms. The number of halogens is 1. The van der Waals surface area contributed by atoms with Gasteiger partial charge in [-0.05, 0) is 119 Å². The number of fused-ring (bicyclic) bond motifs is 2. The van der Waals surface area contributed by atoms with E-state index in [0.29, 0.717) is 66.4 Å². The van der Waals surface area contributed by atoms with Gasteiger partial charge in [0.05, 0.1) is 30.4 Å². The van der Waals surface area contributed by atoms with E-state index in [1.165, 1.54) is 6.07 Å². The molecule has 1 unspecified atom stereocenters. The molecular formula is C36H42FNO6. The third-order valence-corrected chi connectivity index (χ3v) is 8.40. The van der Waals surface area contributed by atoms with Crippen LogP contribution in [0.2, 0.25) is 0 Å². The van der Waals surface area contributed by atoms with Gasteiger partial charge in [0.25, 0.3) is 5.91 Å². The van der Waals surface area contributed by atoms with E-state index in [9.17, 15) is 14.7 Å². The fourth-order valence-electron chi connectivity index (χ4n) is 6.58. The maximum absolute atomic E-state index is 15.6. The first-order chi connectivity index (χ1) is 20.9. The molecule has 3 aromatic carbocycles. The summed E-state index contributed by atoms with van der Waals surface area (Å²) in [7, 11) is 0. The topological polar surface area (TPSA) is 85.3 Å². The van der Waals surface area contributed by atoms with Crippen LogP contribution in [0.1, 0.15) is 102 Å². The number of carbonyl (C=O) groups is 2. The van der Waals surface area contributed by atoms with E-state index in [1.54, 1.807) is 11.0 Å². The van der Waals surface area contributed by atoms with E-state index in [2.05, 4.69) is 0 Å². The van der Waals surface area contributed by atoms with Gasteiger partial charge < -0.3 is 24.2 Å². The summed E-state index contributed by atoms with van der Waals surface area (Å²) >= 11 is 0. The van der Waals surface area contributed by atoms with Gasteiger partial charge in [0.1, 0.15) is 5.75 Å². The highest BCUT2D eigenvalue weighted by Crippen LogP contribution is 2.47. The van der Waals surface area contributed by atoms with Crippen LogP contribution >= 0.6 is 0 Å². The number of nitrogens with zero attached hydrogens (tertiary/aromatic N) is 1. The second kappa shape index (κ2) is 12.2. The van der Waals surface area contributed by atoms with Gasteiger partial charge in [0.15, 0.2) is 17.7 Å². The molecule has 8 heteroatoms. The predicted octanol–water partition coefficient (Wildman–Crippen LogP) is 7.61. The quantitative estimate of drug-likeness (QED) is 0.285. The molecule has 0 spiro atoms.